The van der Waals surface area contributed by atoms with Crippen LogP contribution in [-0.2, 0) is 4.79 Å². The van der Waals surface area contributed by atoms with Crippen LogP contribution in [0.2, 0.25) is 0 Å². The molecule has 0 spiro atoms. The predicted molar refractivity (Wildman–Crippen MR) is 67.3 cm³/mol. The fourth-order valence-electron chi connectivity index (χ4n) is 2.97. The van der Waals surface area contributed by atoms with Crippen molar-refractivity contribution in [2.45, 2.75) is 25.3 Å². The summed E-state index contributed by atoms with van der Waals surface area (Å²) < 4.78 is 0. The second-order valence-corrected chi connectivity index (χ2v) is 4.97. The first-order valence-corrected chi connectivity index (χ1v) is 6.36. The third-order valence-electron chi connectivity index (χ3n) is 3.94. The Hall–Kier alpha value is -1.57. The van der Waals surface area contributed by atoms with Gasteiger partial charge in [-0.1, -0.05) is 42.5 Å². The van der Waals surface area contributed by atoms with E-state index in [9.17, 15) is 4.79 Å². The second kappa shape index (κ2) is 4.36. The number of hydrogen-bond donors (Lipinski definition) is 1. The van der Waals surface area contributed by atoms with Crippen LogP contribution in [0.25, 0.3) is 0 Å². The maximum absolute atomic E-state index is 11.8. The second-order valence-electron chi connectivity index (χ2n) is 4.97. The summed E-state index contributed by atoms with van der Waals surface area (Å²) in [6, 6.07) is 10.5. The first kappa shape index (κ1) is 10.6. The van der Waals surface area contributed by atoms with Gasteiger partial charge >= 0.3 is 0 Å². The Bertz CT molecular complexity index is 437. The summed E-state index contributed by atoms with van der Waals surface area (Å²) in [6.07, 6.45) is 7.78. The lowest BCUT2D eigenvalue weighted by Gasteiger charge is -2.42. The van der Waals surface area contributed by atoms with Crippen molar-refractivity contribution in [1.82, 2.24) is 5.32 Å². The molecular weight excluding hydrogens is 210 g/mol. The van der Waals surface area contributed by atoms with E-state index in [1.54, 1.807) is 0 Å². The lowest BCUT2D eigenvalue weighted by atomic mass is 9.72. The van der Waals surface area contributed by atoms with Crippen LogP contribution in [-0.4, -0.2) is 5.91 Å². The number of carbonyl (C=O) groups excluding carboxylic acids is 1. The van der Waals surface area contributed by atoms with E-state index in [1.165, 1.54) is 5.56 Å². The molecule has 1 fully saturated rings. The number of nitrogens with one attached hydrogen (secondary N) is 1. The van der Waals surface area contributed by atoms with Crippen LogP contribution >= 0.6 is 0 Å². The average molecular weight is 227 g/mol. The zero-order valence-electron chi connectivity index (χ0n) is 9.80. The molecule has 1 saturated heterocycles. The van der Waals surface area contributed by atoms with Crippen molar-refractivity contribution < 1.29 is 4.79 Å². The SMILES string of the molecule is O=C1N[C@@H](c2ccccc2)[C@H]1C1CC=CCC1. The van der Waals surface area contributed by atoms with Crippen LogP contribution in [0.4, 0.5) is 0 Å². The van der Waals surface area contributed by atoms with Crippen LogP contribution in [0, 0.1) is 11.8 Å². The van der Waals surface area contributed by atoms with Crippen molar-refractivity contribution in [2.24, 2.45) is 11.8 Å². The van der Waals surface area contributed by atoms with Crippen LogP contribution in [0.15, 0.2) is 42.5 Å². The molecule has 0 bridgehead atoms. The van der Waals surface area contributed by atoms with Crippen LogP contribution in [0.3, 0.4) is 0 Å². The Balaban J connectivity index is 1.79. The number of allylic oxidation sites excluding steroid dienone is 2. The Morgan fingerprint density at radius 3 is 2.59 bits per heavy atom. The molecular formula is C15H17NO. The van der Waals surface area contributed by atoms with Gasteiger partial charge in [-0.15, -0.1) is 0 Å². The van der Waals surface area contributed by atoms with Crippen LogP contribution in [0.5, 0.6) is 0 Å². The lowest BCUT2D eigenvalue weighted by molar-refractivity contribution is -0.138. The van der Waals surface area contributed by atoms with Crippen molar-refractivity contribution in [3.05, 3.63) is 48.0 Å². The molecule has 1 aliphatic carbocycles. The zero-order chi connectivity index (χ0) is 11.7. The third-order valence-corrected chi connectivity index (χ3v) is 3.94. The molecule has 2 nitrogen and oxygen atoms in total. The molecule has 0 saturated carbocycles. The smallest absolute Gasteiger partial charge is 0.226 e. The van der Waals surface area contributed by atoms with Gasteiger partial charge in [0.25, 0.3) is 0 Å². The minimum atomic E-state index is 0.183. The molecule has 0 radical (unpaired) electrons. The molecule has 1 aromatic carbocycles. The molecule has 1 aliphatic heterocycles. The Morgan fingerprint density at radius 1 is 1.12 bits per heavy atom. The molecule has 2 heteroatoms. The minimum Gasteiger partial charge on any atom is -0.348 e. The number of carbonyl (C=O) groups is 1. The highest BCUT2D eigenvalue weighted by Gasteiger charge is 2.44. The predicted octanol–water partition coefficient (Wildman–Crippen LogP) is 2.83. The summed E-state index contributed by atoms with van der Waals surface area (Å²) in [6.45, 7) is 0. The van der Waals surface area contributed by atoms with E-state index in [-0.39, 0.29) is 17.9 Å². The van der Waals surface area contributed by atoms with E-state index in [0.29, 0.717) is 5.92 Å². The van der Waals surface area contributed by atoms with Gasteiger partial charge in [0, 0.05) is 0 Å². The molecule has 3 rings (SSSR count). The molecule has 1 N–H and O–H groups in total. The maximum Gasteiger partial charge on any atom is 0.226 e. The molecule has 1 unspecified atom stereocenters. The number of β-lactam (4-membered cyclic amide) rings is 1. The van der Waals surface area contributed by atoms with Gasteiger partial charge in [-0.25, -0.2) is 0 Å². The Kier molecular flexibility index (Phi) is 2.71. The molecule has 0 aromatic heterocycles. The molecule has 1 aromatic rings. The van der Waals surface area contributed by atoms with Crippen molar-refractivity contribution in [1.29, 1.82) is 0 Å². The average Bonchev–Trinajstić information content (AvgIpc) is 2.38. The quantitative estimate of drug-likeness (QED) is 0.611. The van der Waals surface area contributed by atoms with Gasteiger partial charge in [0.05, 0.1) is 12.0 Å². The fraction of sp³-hybridized carbons (Fsp3) is 0.400. The standard InChI is InChI=1S/C15H17NO/c17-15-13(11-7-3-1-4-8-11)14(16-15)12-9-5-2-6-10-12/h1-3,5-6,9-11,13-14H,4,7-8H2,(H,16,17)/t11?,13-,14+/m1/s1. The highest BCUT2D eigenvalue weighted by atomic mass is 16.2. The van der Waals surface area contributed by atoms with Gasteiger partial charge < -0.3 is 5.32 Å². The fourth-order valence-corrected chi connectivity index (χ4v) is 2.97. The van der Waals surface area contributed by atoms with Gasteiger partial charge in [0.15, 0.2) is 0 Å². The van der Waals surface area contributed by atoms with Gasteiger partial charge in [-0.3, -0.25) is 4.79 Å². The first-order chi connectivity index (χ1) is 8.36. The van der Waals surface area contributed by atoms with E-state index in [1.807, 2.05) is 18.2 Å². The van der Waals surface area contributed by atoms with Crippen molar-refractivity contribution in [3.8, 4) is 0 Å². The van der Waals surface area contributed by atoms with E-state index in [4.69, 9.17) is 0 Å². The van der Waals surface area contributed by atoms with Gasteiger partial charge in [0.1, 0.15) is 0 Å². The van der Waals surface area contributed by atoms with E-state index in [2.05, 4.69) is 29.6 Å². The normalized spacial score (nSPS) is 31.8. The van der Waals surface area contributed by atoms with Gasteiger partial charge in [-0.2, -0.15) is 0 Å². The van der Waals surface area contributed by atoms with Crippen molar-refractivity contribution in [3.63, 3.8) is 0 Å². The summed E-state index contributed by atoms with van der Waals surface area (Å²) in [5.41, 5.74) is 1.24. The van der Waals surface area contributed by atoms with E-state index < -0.39 is 0 Å². The Morgan fingerprint density at radius 2 is 1.94 bits per heavy atom. The van der Waals surface area contributed by atoms with Gasteiger partial charge in [-0.05, 0) is 30.7 Å². The summed E-state index contributed by atoms with van der Waals surface area (Å²) in [4.78, 5) is 11.8. The summed E-state index contributed by atoms with van der Waals surface area (Å²) >= 11 is 0. The largest absolute Gasteiger partial charge is 0.348 e. The molecule has 2 aliphatic rings. The van der Waals surface area contributed by atoms with Crippen molar-refractivity contribution >= 4 is 5.91 Å². The minimum absolute atomic E-state index is 0.183. The highest BCUT2D eigenvalue weighted by Crippen LogP contribution is 2.40. The molecule has 1 heterocycles. The van der Waals surface area contributed by atoms with Crippen LogP contribution < -0.4 is 5.32 Å². The lowest BCUT2D eigenvalue weighted by Crippen LogP contribution is -2.54. The third kappa shape index (κ3) is 1.88. The molecule has 88 valence electrons. The van der Waals surface area contributed by atoms with Crippen LogP contribution in [0.1, 0.15) is 30.9 Å². The highest BCUT2D eigenvalue weighted by molar-refractivity contribution is 5.86. The number of benzene rings is 1. The monoisotopic (exact) mass is 227 g/mol. The molecule has 3 atom stereocenters. The molecule has 1 amide bonds. The van der Waals surface area contributed by atoms with E-state index in [0.717, 1.165) is 19.3 Å². The summed E-state index contributed by atoms with van der Waals surface area (Å²) in [5, 5.41) is 3.04. The summed E-state index contributed by atoms with van der Waals surface area (Å²) in [7, 11) is 0. The Labute approximate surface area is 102 Å². The topological polar surface area (TPSA) is 29.1 Å². The molecule has 17 heavy (non-hydrogen) atoms. The van der Waals surface area contributed by atoms with Crippen molar-refractivity contribution in [2.75, 3.05) is 0 Å². The van der Waals surface area contributed by atoms with Gasteiger partial charge in [0.2, 0.25) is 5.91 Å². The number of amides is 1. The van der Waals surface area contributed by atoms with E-state index >= 15 is 0 Å². The zero-order valence-corrected chi connectivity index (χ0v) is 9.80. The first-order valence-electron chi connectivity index (χ1n) is 6.36. The summed E-state index contributed by atoms with van der Waals surface area (Å²) in [5.74, 6) is 0.945. The maximum atomic E-state index is 11.8. The number of hydrogen-bond acceptors (Lipinski definition) is 1. The number of rotatable bonds is 2.